The van der Waals surface area contributed by atoms with E-state index in [4.69, 9.17) is 0 Å². The maximum atomic E-state index is 3.38. The molecular formula is C4H10BrN2+. The first kappa shape index (κ1) is 5.54. The normalized spacial score (nSPS) is 25.3. The molecule has 0 unspecified atom stereocenters. The highest BCUT2D eigenvalue weighted by Crippen LogP contribution is 1.96. The molecule has 0 aromatic rings. The Morgan fingerprint density at radius 1 is 1.43 bits per heavy atom. The summed E-state index contributed by atoms with van der Waals surface area (Å²) in [6, 6.07) is 0. The second-order valence-corrected chi connectivity index (χ2v) is 2.66. The lowest BCUT2D eigenvalue weighted by molar-refractivity contribution is 0.408. The zero-order valence-corrected chi connectivity index (χ0v) is 5.74. The van der Waals surface area contributed by atoms with Gasteiger partial charge in [-0.25, -0.2) is 3.93 Å². The Balaban J connectivity index is 0.000000490. The van der Waals surface area contributed by atoms with Gasteiger partial charge in [-0.3, -0.25) is 0 Å². The Bertz CT molecular complexity index is 56.0. The van der Waals surface area contributed by atoms with Crippen LogP contribution in [-0.4, -0.2) is 30.1 Å². The van der Waals surface area contributed by atoms with Gasteiger partial charge in [-0.1, -0.05) is 0 Å². The summed E-state index contributed by atoms with van der Waals surface area (Å²) in [5.74, 6) is 0. The molecule has 0 radical (unpaired) electrons. The van der Waals surface area contributed by atoms with E-state index in [1.54, 1.807) is 0 Å². The predicted octanol–water partition coefficient (Wildman–Crippen LogP) is 0.314. The quantitative estimate of drug-likeness (QED) is 0.521. The Kier molecular flexibility index (Phi) is 2.09. The largest absolute Gasteiger partial charge is 1.00 e. The van der Waals surface area contributed by atoms with Gasteiger partial charge >= 0.3 is 1.43 Å². The number of halogens is 1. The minimum atomic E-state index is 0. The first-order chi connectivity index (χ1) is 3.39. The van der Waals surface area contributed by atoms with Crippen LogP contribution in [0, 0.1) is 0 Å². The molecule has 0 bridgehead atoms. The summed E-state index contributed by atoms with van der Waals surface area (Å²) in [6.07, 6.45) is 0. The van der Waals surface area contributed by atoms with Crippen LogP contribution in [0.5, 0.6) is 0 Å². The van der Waals surface area contributed by atoms with Crippen molar-refractivity contribution in [2.45, 2.75) is 0 Å². The third-order valence-corrected chi connectivity index (χ3v) is 1.77. The molecule has 0 spiro atoms. The molecule has 42 valence electrons. The van der Waals surface area contributed by atoms with Crippen molar-refractivity contribution >= 4 is 16.1 Å². The molecule has 1 fully saturated rings. The van der Waals surface area contributed by atoms with E-state index in [9.17, 15) is 0 Å². The molecule has 0 aromatic heterocycles. The fourth-order valence-corrected chi connectivity index (χ4v) is 0.992. The lowest BCUT2D eigenvalue weighted by atomic mass is 10.4. The average molecular weight is 166 g/mol. The SMILES string of the molecule is BrN1CCNCC1.[H+]. The summed E-state index contributed by atoms with van der Waals surface area (Å²) in [5.41, 5.74) is 0. The first-order valence-corrected chi connectivity index (χ1v) is 3.22. The summed E-state index contributed by atoms with van der Waals surface area (Å²) in [5, 5.41) is 3.24. The lowest BCUT2D eigenvalue weighted by Gasteiger charge is -2.19. The monoisotopic (exact) mass is 165 g/mol. The minimum Gasteiger partial charge on any atom is -0.314 e. The van der Waals surface area contributed by atoms with Crippen molar-refractivity contribution < 1.29 is 1.43 Å². The second kappa shape index (κ2) is 2.64. The molecule has 7 heavy (non-hydrogen) atoms. The van der Waals surface area contributed by atoms with Crippen molar-refractivity contribution in [3.63, 3.8) is 0 Å². The summed E-state index contributed by atoms with van der Waals surface area (Å²) in [7, 11) is 0. The van der Waals surface area contributed by atoms with Gasteiger partial charge in [0.15, 0.2) is 0 Å². The molecule has 1 aliphatic heterocycles. The molecule has 3 heteroatoms. The molecule has 1 N–H and O–H groups in total. The summed E-state index contributed by atoms with van der Waals surface area (Å²) in [4.78, 5) is 0. The van der Waals surface area contributed by atoms with Gasteiger partial charge in [-0.2, -0.15) is 0 Å². The van der Waals surface area contributed by atoms with Gasteiger partial charge in [0, 0.05) is 42.3 Å². The van der Waals surface area contributed by atoms with E-state index < -0.39 is 0 Å². The summed E-state index contributed by atoms with van der Waals surface area (Å²) in [6.45, 7) is 4.48. The van der Waals surface area contributed by atoms with Crippen molar-refractivity contribution in [1.29, 1.82) is 0 Å². The molecule has 1 aliphatic rings. The topological polar surface area (TPSA) is 15.3 Å². The smallest absolute Gasteiger partial charge is 0.314 e. The minimum absolute atomic E-state index is 0. The molecule has 2 nitrogen and oxygen atoms in total. The number of nitrogens with one attached hydrogen (secondary N) is 1. The number of piperazine rings is 1. The molecule has 0 amide bonds. The zero-order valence-electron chi connectivity index (χ0n) is 5.15. The number of rotatable bonds is 0. The van der Waals surface area contributed by atoms with Crippen LogP contribution in [0.1, 0.15) is 1.43 Å². The Labute approximate surface area is 53.7 Å². The highest BCUT2D eigenvalue weighted by molar-refractivity contribution is 9.07. The number of hydrogen-bond donors (Lipinski definition) is 1. The van der Waals surface area contributed by atoms with E-state index in [2.05, 4.69) is 25.4 Å². The van der Waals surface area contributed by atoms with E-state index in [-0.39, 0.29) is 1.43 Å². The maximum absolute atomic E-state index is 3.38. The van der Waals surface area contributed by atoms with Crippen LogP contribution in [0.4, 0.5) is 0 Å². The van der Waals surface area contributed by atoms with E-state index >= 15 is 0 Å². The van der Waals surface area contributed by atoms with E-state index in [0.29, 0.717) is 0 Å². The number of hydrogen-bond acceptors (Lipinski definition) is 2. The standard InChI is InChI=1S/C4H9BrN2/c5-7-3-1-6-2-4-7/h6H,1-4H2/p+1. The van der Waals surface area contributed by atoms with Crippen molar-refractivity contribution in [2.24, 2.45) is 0 Å². The maximum Gasteiger partial charge on any atom is 1.00 e. The molecule has 1 rings (SSSR count). The van der Waals surface area contributed by atoms with Gasteiger partial charge in [-0.05, 0) is 0 Å². The van der Waals surface area contributed by atoms with Crippen LogP contribution >= 0.6 is 16.1 Å². The molecule has 0 aliphatic carbocycles. The highest BCUT2D eigenvalue weighted by Gasteiger charge is 2.02. The third-order valence-electron chi connectivity index (χ3n) is 1.06. The lowest BCUT2D eigenvalue weighted by Crippen LogP contribution is -2.38. The van der Waals surface area contributed by atoms with Gasteiger partial charge < -0.3 is 5.32 Å². The number of nitrogens with zero attached hydrogens (tertiary/aromatic N) is 1. The molecule has 0 saturated carbocycles. The van der Waals surface area contributed by atoms with Crippen LogP contribution in [0.15, 0.2) is 0 Å². The van der Waals surface area contributed by atoms with Gasteiger partial charge in [0.05, 0.1) is 0 Å². The fraction of sp³-hybridized carbons (Fsp3) is 1.00. The first-order valence-electron chi connectivity index (χ1n) is 2.51. The van der Waals surface area contributed by atoms with Gasteiger partial charge in [0.1, 0.15) is 0 Å². The van der Waals surface area contributed by atoms with Crippen molar-refractivity contribution in [2.75, 3.05) is 26.2 Å². The van der Waals surface area contributed by atoms with Gasteiger partial charge in [0.25, 0.3) is 0 Å². The van der Waals surface area contributed by atoms with Crippen LogP contribution in [0.25, 0.3) is 0 Å². The molecular weight excluding hydrogens is 156 g/mol. The van der Waals surface area contributed by atoms with Gasteiger partial charge in [-0.15, -0.1) is 0 Å². The van der Waals surface area contributed by atoms with Crippen LogP contribution in [0.2, 0.25) is 0 Å². The zero-order chi connectivity index (χ0) is 5.11. The average Bonchev–Trinajstić information content (AvgIpc) is 1.69. The van der Waals surface area contributed by atoms with E-state index in [1.165, 1.54) is 0 Å². The molecule has 1 saturated heterocycles. The van der Waals surface area contributed by atoms with E-state index in [1.807, 2.05) is 0 Å². The second-order valence-electron chi connectivity index (χ2n) is 1.66. The van der Waals surface area contributed by atoms with Crippen LogP contribution < -0.4 is 5.32 Å². The van der Waals surface area contributed by atoms with Crippen LogP contribution in [0.3, 0.4) is 0 Å². The van der Waals surface area contributed by atoms with Crippen molar-refractivity contribution in [3.05, 3.63) is 0 Å². The molecule has 0 aromatic carbocycles. The summed E-state index contributed by atoms with van der Waals surface area (Å²) >= 11 is 3.38. The van der Waals surface area contributed by atoms with Gasteiger partial charge in [0.2, 0.25) is 0 Å². The molecule has 0 atom stereocenters. The van der Waals surface area contributed by atoms with Crippen molar-refractivity contribution in [3.8, 4) is 0 Å². The van der Waals surface area contributed by atoms with Crippen molar-refractivity contribution in [1.82, 2.24) is 9.24 Å². The fourth-order valence-electron chi connectivity index (χ4n) is 0.638. The molecule has 1 heterocycles. The third kappa shape index (κ3) is 1.76. The predicted molar refractivity (Wildman–Crippen MR) is 34.5 cm³/mol. The van der Waals surface area contributed by atoms with E-state index in [0.717, 1.165) is 26.2 Å². The highest BCUT2D eigenvalue weighted by atomic mass is 79.9. The Hall–Kier alpha value is 0.400. The summed E-state index contributed by atoms with van der Waals surface area (Å²) < 4.78 is 2.14. The Morgan fingerprint density at radius 2 is 2.00 bits per heavy atom. The Morgan fingerprint density at radius 3 is 2.29 bits per heavy atom. The van der Waals surface area contributed by atoms with Crippen LogP contribution in [-0.2, 0) is 0 Å².